The van der Waals surface area contributed by atoms with Crippen molar-refractivity contribution in [2.75, 3.05) is 31.0 Å². The minimum absolute atomic E-state index is 0.0289. The van der Waals surface area contributed by atoms with Gasteiger partial charge in [0.05, 0.1) is 18.5 Å². The van der Waals surface area contributed by atoms with E-state index in [1.54, 1.807) is 36.2 Å². The number of hydrogen-bond donors (Lipinski definition) is 3. The van der Waals surface area contributed by atoms with Gasteiger partial charge in [0.1, 0.15) is 47.9 Å². The fraction of sp³-hybridized carbons (Fsp3) is 0.345. The summed E-state index contributed by atoms with van der Waals surface area (Å²) in [6.45, 7) is 6.85. The van der Waals surface area contributed by atoms with Crippen LogP contribution in [0.25, 0.3) is 11.1 Å². The number of ether oxygens (including phenoxy) is 3. The van der Waals surface area contributed by atoms with E-state index in [0.29, 0.717) is 34.1 Å². The highest BCUT2D eigenvalue weighted by Gasteiger charge is 2.38. The zero-order chi connectivity index (χ0) is 30.1. The lowest BCUT2D eigenvalue weighted by atomic mass is 9.91. The van der Waals surface area contributed by atoms with Gasteiger partial charge in [-0.15, -0.1) is 0 Å². The Morgan fingerprint density at radius 2 is 1.76 bits per heavy atom. The molecule has 0 radical (unpaired) electrons. The predicted molar refractivity (Wildman–Crippen MR) is 153 cm³/mol. The monoisotopic (exact) mass is 588 g/mol. The molecule has 3 aromatic rings. The standard InChI is InChI=1S/C29H34FN2O8P/c1-17-7-8-19(30)13-25(17)39-16-23-21(11-12-24-27(23)32(5)28(33)29(3,4)31-24)22-10-9-20(14-26(22)37-6)38-15-18(2)40-41(34,35)36/h7-14,18,31H,15-16H2,1-6H3,(H2,34,35,36)/t18-/m0/s1. The molecule has 0 spiro atoms. The number of nitrogens with one attached hydrogen (secondary N) is 1. The number of amides is 1. The van der Waals surface area contributed by atoms with Crippen LogP contribution in [0, 0.1) is 12.7 Å². The zero-order valence-corrected chi connectivity index (χ0v) is 24.6. The minimum atomic E-state index is -4.65. The molecule has 0 aromatic heterocycles. The second kappa shape index (κ2) is 11.7. The summed E-state index contributed by atoms with van der Waals surface area (Å²) in [5, 5.41) is 3.31. The summed E-state index contributed by atoms with van der Waals surface area (Å²) in [7, 11) is -1.43. The number of phosphoric acid groups is 1. The van der Waals surface area contributed by atoms with Crippen LogP contribution >= 0.6 is 7.82 Å². The molecule has 3 aromatic carbocycles. The van der Waals surface area contributed by atoms with Crippen LogP contribution in [-0.4, -0.2) is 48.1 Å². The maximum absolute atomic E-state index is 14.0. The normalized spacial score (nSPS) is 15.1. The van der Waals surface area contributed by atoms with Crippen molar-refractivity contribution in [3.63, 3.8) is 0 Å². The molecule has 0 saturated heterocycles. The van der Waals surface area contributed by atoms with Crippen LogP contribution in [0.5, 0.6) is 17.2 Å². The topological polar surface area (TPSA) is 127 Å². The van der Waals surface area contributed by atoms with Crippen LogP contribution in [-0.2, 0) is 20.5 Å². The molecular formula is C29H34FN2O8P. The van der Waals surface area contributed by atoms with E-state index < -0.39 is 25.3 Å². The number of anilines is 2. The number of rotatable bonds is 10. The van der Waals surface area contributed by atoms with Gasteiger partial charge in [-0.25, -0.2) is 8.96 Å². The van der Waals surface area contributed by atoms with Gasteiger partial charge in [-0.3, -0.25) is 9.32 Å². The first kappa shape index (κ1) is 30.3. The Kier molecular flexibility index (Phi) is 8.65. The van der Waals surface area contributed by atoms with E-state index in [1.165, 1.54) is 26.2 Å². The molecule has 220 valence electrons. The van der Waals surface area contributed by atoms with Crippen molar-refractivity contribution in [1.82, 2.24) is 0 Å². The second-order valence-corrected chi connectivity index (χ2v) is 11.6. The first-order valence-corrected chi connectivity index (χ1v) is 14.4. The zero-order valence-electron chi connectivity index (χ0n) is 23.7. The average molecular weight is 589 g/mol. The summed E-state index contributed by atoms with van der Waals surface area (Å²) >= 11 is 0. The van der Waals surface area contributed by atoms with Gasteiger partial charge in [-0.05, 0) is 63.1 Å². The predicted octanol–water partition coefficient (Wildman–Crippen LogP) is 5.43. The lowest BCUT2D eigenvalue weighted by molar-refractivity contribution is -0.121. The number of hydrogen-bond acceptors (Lipinski definition) is 7. The van der Waals surface area contributed by atoms with Crippen molar-refractivity contribution < 1.29 is 42.3 Å². The number of halogens is 1. The van der Waals surface area contributed by atoms with Gasteiger partial charge in [0.15, 0.2) is 0 Å². The molecule has 4 rings (SSSR count). The number of methoxy groups -OCH3 is 1. The highest BCUT2D eigenvalue weighted by molar-refractivity contribution is 7.46. The number of fused-ring (bicyclic) bond motifs is 1. The largest absolute Gasteiger partial charge is 0.496 e. The summed E-state index contributed by atoms with van der Waals surface area (Å²) in [6.07, 6.45) is -0.859. The van der Waals surface area contributed by atoms with Crippen LogP contribution in [0.2, 0.25) is 0 Å². The number of benzene rings is 3. The molecule has 1 heterocycles. The van der Waals surface area contributed by atoms with E-state index in [-0.39, 0.29) is 19.1 Å². The highest BCUT2D eigenvalue weighted by atomic mass is 31.2. The molecule has 1 aliphatic rings. The molecule has 0 bridgehead atoms. The average Bonchev–Trinajstić information content (AvgIpc) is 2.89. The molecule has 12 heteroatoms. The van der Waals surface area contributed by atoms with Crippen LogP contribution in [0.4, 0.5) is 15.8 Å². The Morgan fingerprint density at radius 3 is 2.44 bits per heavy atom. The highest BCUT2D eigenvalue weighted by Crippen LogP contribution is 2.45. The number of carbonyl (C=O) groups is 1. The summed E-state index contributed by atoms with van der Waals surface area (Å²) in [6, 6.07) is 13.2. The van der Waals surface area contributed by atoms with Gasteiger partial charge >= 0.3 is 7.82 Å². The molecule has 0 unspecified atom stereocenters. The summed E-state index contributed by atoms with van der Waals surface area (Å²) in [4.78, 5) is 32.8. The van der Waals surface area contributed by atoms with Gasteiger partial charge in [-0.1, -0.05) is 12.1 Å². The Morgan fingerprint density at radius 1 is 1.05 bits per heavy atom. The number of phosphoric ester groups is 1. The van der Waals surface area contributed by atoms with Crippen molar-refractivity contribution in [3.8, 4) is 28.4 Å². The van der Waals surface area contributed by atoms with Crippen LogP contribution in [0.15, 0.2) is 48.5 Å². The van der Waals surface area contributed by atoms with E-state index in [0.717, 1.165) is 16.8 Å². The SMILES string of the molecule is COc1cc(OC[C@H](C)OP(=O)(O)O)ccc1-c1ccc2c(c1COc1cc(F)ccc1C)N(C)C(=O)C(C)(C)N2. The maximum atomic E-state index is 14.0. The molecule has 0 fully saturated rings. The maximum Gasteiger partial charge on any atom is 0.469 e. The third kappa shape index (κ3) is 6.82. The molecule has 10 nitrogen and oxygen atoms in total. The summed E-state index contributed by atoms with van der Waals surface area (Å²) < 4.78 is 47.2. The van der Waals surface area contributed by atoms with Gasteiger partial charge in [0.25, 0.3) is 5.91 Å². The molecule has 0 aliphatic carbocycles. The Hall–Kier alpha value is -3.63. The Balaban J connectivity index is 1.75. The van der Waals surface area contributed by atoms with Gasteiger partial charge in [0.2, 0.25) is 0 Å². The number of carbonyl (C=O) groups excluding carboxylic acids is 1. The van der Waals surface area contributed by atoms with E-state index >= 15 is 0 Å². The minimum Gasteiger partial charge on any atom is -0.496 e. The van der Waals surface area contributed by atoms with Crippen molar-refractivity contribution in [3.05, 3.63) is 65.5 Å². The number of aryl methyl sites for hydroxylation is 1. The van der Waals surface area contributed by atoms with Crippen molar-refractivity contribution in [1.29, 1.82) is 0 Å². The first-order valence-electron chi connectivity index (χ1n) is 12.9. The smallest absolute Gasteiger partial charge is 0.469 e. The van der Waals surface area contributed by atoms with Crippen molar-refractivity contribution in [2.24, 2.45) is 0 Å². The van der Waals surface area contributed by atoms with Gasteiger partial charge < -0.3 is 34.2 Å². The fourth-order valence-corrected chi connectivity index (χ4v) is 5.30. The number of likely N-dealkylation sites (N-methyl/N-ethyl adjacent to an activating group) is 1. The summed E-state index contributed by atoms with van der Waals surface area (Å²) in [5.74, 6) is 0.678. The van der Waals surface area contributed by atoms with Gasteiger partial charge in [-0.2, -0.15) is 0 Å². The summed E-state index contributed by atoms with van der Waals surface area (Å²) in [5.41, 5.74) is 3.40. The molecule has 3 N–H and O–H groups in total. The quantitative estimate of drug-likeness (QED) is 0.266. The van der Waals surface area contributed by atoms with E-state index in [9.17, 15) is 13.8 Å². The van der Waals surface area contributed by atoms with E-state index in [2.05, 4.69) is 9.84 Å². The second-order valence-electron chi connectivity index (χ2n) is 10.4. The third-order valence-corrected chi connectivity index (χ3v) is 7.33. The van der Waals surface area contributed by atoms with Gasteiger partial charge in [0, 0.05) is 30.3 Å². The molecule has 1 atom stereocenters. The lowest BCUT2D eigenvalue weighted by Crippen LogP contribution is -2.52. The third-order valence-electron chi connectivity index (χ3n) is 6.69. The van der Waals surface area contributed by atoms with Crippen LogP contribution in [0.3, 0.4) is 0 Å². The van der Waals surface area contributed by atoms with E-state index in [1.807, 2.05) is 32.9 Å². The molecular weight excluding hydrogens is 554 g/mol. The fourth-order valence-electron chi connectivity index (χ4n) is 4.77. The Bertz CT molecular complexity index is 1510. The van der Waals surface area contributed by atoms with Crippen molar-refractivity contribution >= 4 is 25.1 Å². The molecule has 41 heavy (non-hydrogen) atoms. The lowest BCUT2D eigenvalue weighted by Gasteiger charge is -2.39. The number of nitrogens with zero attached hydrogens (tertiary/aromatic N) is 1. The van der Waals surface area contributed by atoms with Crippen LogP contribution in [0.1, 0.15) is 31.9 Å². The van der Waals surface area contributed by atoms with E-state index in [4.69, 9.17) is 24.0 Å². The van der Waals surface area contributed by atoms with Crippen molar-refractivity contribution in [2.45, 2.75) is 45.9 Å². The first-order chi connectivity index (χ1) is 19.2. The van der Waals surface area contributed by atoms with Crippen LogP contribution < -0.4 is 24.4 Å². The molecule has 1 aliphatic heterocycles. The Labute approximate surface area is 238 Å². The molecule has 0 saturated carbocycles. The molecule has 1 amide bonds.